The Balaban J connectivity index is 1.68. The fourth-order valence-electron chi connectivity index (χ4n) is 3.07. The van der Waals surface area contributed by atoms with Crippen LogP contribution >= 0.6 is 0 Å². The van der Waals surface area contributed by atoms with Crippen LogP contribution in [0.25, 0.3) is 16.8 Å². The van der Waals surface area contributed by atoms with Gasteiger partial charge in [-0.05, 0) is 53.8 Å². The summed E-state index contributed by atoms with van der Waals surface area (Å²) in [5, 5.41) is 12.2. The van der Waals surface area contributed by atoms with Crippen LogP contribution in [0.3, 0.4) is 0 Å². The molecule has 0 radical (unpaired) electrons. The van der Waals surface area contributed by atoms with Gasteiger partial charge < -0.3 is 14.8 Å². The van der Waals surface area contributed by atoms with Crippen molar-refractivity contribution in [2.24, 2.45) is 5.92 Å². The van der Waals surface area contributed by atoms with E-state index in [2.05, 4.69) is 10.3 Å². The third-order valence-corrected chi connectivity index (χ3v) is 4.75. The van der Waals surface area contributed by atoms with Gasteiger partial charge in [-0.1, -0.05) is 6.07 Å². The monoisotopic (exact) mass is 357 g/mol. The molecular formula is C19H17F2N3O2. The molecule has 1 aliphatic rings. The molecule has 5 nitrogen and oxygen atoms in total. The highest BCUT2D eigenvalue weighted by Gasteiger charge is 2.43. The molecule has 2 atom stereocenters. The third-order valence-electron chi connectivity index (χ3n) is 4.75. The molecule has 2 N–H and O–H groups in total. The molecule has 0 saturated heterocycles. The number of aliphatic hydroxyl groups excluding tert-OH is 1. The molecule has 2 aromatic heterocycles. The van der Waals surface area contributed by atoms with Gasteiger partial charge in [-0.15, -0.1) is 0 Å². The highest BCUT2D eigenvalue weighted by atomic mass is 19.1. The Morgan fingerprint density at radius 1 is 1.35 bits per heavy atom. The first-order valence-electron chi connectivity index (χ1n) is 8.31. The molecule has 4 rings (SSSR count). The van der Waals surface area contributed by atoms with Crippen LogP contribution in [0.5, 0.6) is 0 Å². The second kappa shape index (κ2) is 6.17. The number of rotatable bonds is 4. The van der Waals surface area contributed by atoms with Gasteiger partial charge in [-0.2, -0.15) is 0 Å². The van der Waals surface area contributed by atoms with Crippen LogP contribution in [0.2, 0.25) is 0 Å². The Labute approximate surface area is 148 Å². The van der Waals surface area contributed by atoms with E-state index in [4.69, 9.17) is 0 Å². The molecule has 1 saturated carbocycles. The molecule has 134 valence electrons. The van der Waals surface area contributed by atoms with Crippen molar-refractivity contribution in [1.29, 1.82) is 0 Å². The number of halogens is 2. The van der Waals surface area contributed by atoms with Crippen molar-refractivity contribution >= 4 is 17.4 Å². The number of fused-ring (bicyclic) bond motifs is 1. The second-order valence-corrected chi connectivity index (χ2v) is 6.51. The lowest BCUT2D eigenvalue weighted by Gasteiger charge is -2.12. The van der Waals surface area contributed by atoms with Gasteiger partial charge in [0.05, 0.1) is 18.7 Å². The van der Waals surface area contributed by atoms with E-state index in [0.29, 0.717) is 22.6 Å². The van der Waals surface area contributed by atoms with Crippen LogP contribution in [0.1, 0.15) is 17.5 Å². The van der Waals surface area contributed by atoms with E-state index in [1.54, 1.807) is 35.9 Å². The Hall–Kier alpha value is -2.80. The number of carbonyl (C=O) groups is 1. The highest BCUT2D eigenvalue weighted by Crippen LogP contribution is 2.34. The number of anilines is 1. The van der Waals surface area contributed by atoms with Crippen molar-refractivity contribution in [2.75, 3.05) is 5.32 Å². The van der Waals surface area contributed by atoms with Gasteiger partial charge >= 0.3 is 0 Å². The molecule has 0 aliphatic heterocycles. The summed E-state index contributed by atoms with van der Waals surface area (Å²) in [6.07, 6.45) is 2.63. The smallest absolute Gasteiger partial charge is 0.231 e. The number of benzene rings is 1. The predicted molar refractivity (Wildman–Crippen MR) is 92.9 cm³/mol. The number of hydrogen-bond acceptors (Lipinski definition) is 3. The molecule has 3 aromatic rings. The lowest BCUT2D eigenvalue weighted by Crippen LogP contribution is -2.15. The average molecular weight is 357 g/mol. The van der Waals surface area contributed by atoms with E-state index >= 15 is 0 Å². The Morgan fingerprint density at radius 2 is 2.12 bits per heavy atom. The zero-order chi connectivity index (χ0) is 18.4. The van der Waals surface area contributed by atoms with Crippen LogP contribution in [-0.4, -0.2) is 26.6 Å². The summed E-state index contributed by atoms with van der Waals surface area (Å²) in [7, 11) is 0. The average Bonchev–Trinajstić information content (AvgIpc) is 3.22. The predicted octanol–water partition coefficient (Wildman–Crippen LogP) is 3.24. The maximum Gasteiger partial charge on any atom is 0.231 e. The van der Waals surface area contributed by atoms with Gasteiger partial charge in [0, 0.05) is 6.20 Å². The third kappa shape index (κ3) is 2.84. The summed E-state index contributed by atoms with van der Waals surface area (Å²) >= 11 is 0. The maximum atomic E-state index is 13.7. The van der Waals surface area contributed by atoms with E-state index < -0.39 is 12.1 Å². The number of aliphatic hydroxyl groups is 1. The van der Waals surface area contributed by atoms with E-state index in [0.717, 1.165) is 11.1 Å². The number of nitrogens with zero attached hydrogens (tertiary/aromatic N) is 2. The first kappa shape index (κ1) is 16.7. The van der Waals surface area contributed by atoms with E-state index in [9.17, 15) is 18.7 Å². The number of hydrogen-bond donors (Lipinski definition) is 2. The summed E-state index contributed by atoms with van der Waals surface area (Å²) < 4.78 is 28.4. The number of pyridine rings is 1. The van der Waals surface area contributed by atoms with Gasteiger partial charge in [0.2, 0.25) is 5.91 Å². The highest BCUT2D eigenvalue weighted by molar-refractivity contribution is 5.94. The minimum atomic E-state index is -1.06. The number of alkyl halides is 1. The van der Waals surface area contributed by atoms with Crippen molar-refractivity contribution in [1.82, 2.24) is 9.38 Å². The number of imidazole rings is 1. The van der Waals surface area contributed by atoms with Gasteiger partial charge in [0.25, 0.3) is 0 Å². The normalized spacial score (nSPS) is 18.9. The lowest BCUT2D eigenvalue weighted by molar-refractivity contribution is -0.117. The van der Waals surface area contributed by atoms with E-state index in [1.165, 1.54) is 6.07 Å². The first-order chi connectivity index (χ1) is 12.5. The number of carbonyl (C=O) groups excluding carboxylic acids is 1. The Bertz CT molecular complexity index is 1020. The largest absolute Gasteiger partial charge is 0.392 e. The zero-order valence-corrected chi connectivity index (χ0v) is 14.0. The fraction of sp³-hybridized carbons (Fsp3) is 0.263. The Morgan fingerprint density at radius 3 is 2.81 bits per heavy atom. The molecule has 7 heteroatoms. The number of nitrogens with one attached hydrogen (secondary N) is 1. The van der Waals surface area contributed by atoms with Gasteiger partial charge in [-0.25, -0.2) is 13.8 Å². The van der Waals surface area contributed by atoms with Crippen LogP contribution in [-0.2, 0) is 11.4 Å². The van der Waals surface area contributed by atoms with Crippen molar-refractivity contribution < 1.29 is 18.7 Å². The van der Waals surface area contributed by atoms with Gasteiger partial charge in [0.1, 0.15) is 17.6 Å². The molecule has 26 heavy (non-hydrogen) atoms. The summed E-state index contributed by atoms with van der Waals surface area (Å²) in [6.45, 7) is 1.36. The van der Waals surface area contributed by atoms with Crippen LogP contribution in [0.4, 0.5) is 14.6 Å². The van der Waals surface area contributed by atoms with Crippen molar-refractivity contribution in [3.05, 3.63) is 53.6 Å². The van der Waals surface area contributed by atoms with Crippen molar-refractivity contribution in [3.63, 3.8) is 0 Å². The van der Waals surface area contributed by atoms with E-state index in [1.807, 2.05) is 6.07 Å². The minimum absolute atomic E-state index is 0.261. The molecule has 1 amide bonds. The fourth-order valence-corrected chi connectivity index (χ4v) is 3.07. The molecule has 1 aromatic carbocycles. The first-order valence-corrected chi connectivity index (χ1v) is 8.31. The van der Waals surface area contributed by atoms with Crippen molar-refractivity contribution in [3.8, 4) is 11.1 Å². The lowest BCUT2D eigenvalue weighted by atomic mass is 9.97. The van der Waals surface area contributed by atoms with Gasteiger partial charge in [-0.3, -0.25) is 4.79 Å². The molecule has 0 spiro atoms. The van der Waals surface area contributed by atoms with E-state index in [-0.39, 0.29) is 24.8 Å². The van der Waals surface area contributed by atoms with Crippen LogP contribution < -0.4 is 5.32 Å². The topological polar surface area (TPSA) is 66.6 Å². The van der Waals surface area contributed by atoms with Gasteiger partial charge in [0.15, 0.2) is 5.82 Å². The SMILES string of the molecule is Cc1c(F)ccc(-c2ccc3nc(NC(=O)C4CC4F)cn3c2)c1CO. The number of amides is 1. The molecule has 1 fully saturated rings. The summed E-state index contributed by atoms with van der Waals surface area (Å²) in [5.41, 5.74) is 3.06. The molecular weight excluding hydrogens is 340 g/mol. The molecule has 2 heterocycles. The Kier molecular flexibility index (Phi) is 3.96. The summed E-state index contributed by atoms with van der Waals surface area (Å²) in [6, 6.07) is 6.58. The second-order valence-electron chi connectivity index (χ2n) is 6.51. The molecule has 2 unspecified atom stereocenters. The summed E-state index contributed by atoms with van der Waals surface area (Å²) in [4.78, 5) is 16.1. The number of aromatic nitrogens is 2. The molecule has 1 aliphatic carbocycles. The quantitative estimate of drug-likeness (QED) is 0.753. The summed E-state index contributed by atoms with van der Waals surface area (Å²) in [5.74, 6) is -0.954. The standard InChI is InChI=1S/C19H17F2N3O2/c1-10-14(9-25)12(3-4-15(10)20)11-2-5-18-22-17(8-24(18)7-11)23-19(26)13-6-16(13)21/h2-5,7-8,13,16,25H,6,9H2,1H3,(H,23,26). The maximum absolute atomic E-state index is 13.7. The van der Waals surface area contributed by atoms with Crippen molar-refractivity contribution in [2.45, 2.75) is 26.1 Å². The zero-order valence-electron chi connectivity index (χ0n) is 14.0. The minimum Gasteiger partial charge on any atom is -0.392 e. The van der Waals surface area contributed by atoms with Crippen LogP contribution in [0.15, 0.2) is 36.7 Å². The molecule has 0 bridgehead atoms. The van der Waals surface area contributed by atoms with Crippen LogP contribution in [0, 0.1) is 18.7 Å².